The molecule has 1 heterocycles. The van der Waals surface area contributed by atoms with Gasteiger partial charge in [0.05, 0.1) is 17.5 Å². The van der Waals surface area contributed by atoms with Crippen LogP contribution < -0.4 is 10.2 Å². The zero-order chi connectivity index (χ0) is 20.0. The van der Waals surface area contributed by atoms with Crippen LogP contribution in [-0.2, 0) is 29.2 Å². The molecule has 1 aromatic carbocycles. The molecule has 0 aromatic heterocycles. The molecule has 9 heteroatoms. The largest absolute Gasteiger partial charge is 0.311 e. The lowest BCUT2D eigenvalue weighted by molar-refractivity contribution is -0.150. The fourth-order valence-electron chi connectivity index (χ4n) is 2.86. The van der Waals surface area contributed by atoms with E-state index in [0.29, 0.717) is 12.8 Å². The first kappa shape index (κ1) is 21.2. The Balaban J connectivity index is 2.14. The van der Waals surface area contributed by atoms with Crippen molar-refractivity contribution in [2.75, 3.05) is 6.61 Å². The number of hydrogen-bond acceptors (Lipinski definition) is 6. The first-order chi connectivity index (χ1) is 12.7. The lowest BCUT2D eigenvalue weighted by Crippen LogP contribution is -2.46. The van der Waals surface area contributed by atoms with Gasteiger partial charge in [-0.2, -0.15) is 0 Å². The number of Topliss-reactive ketones (excluding diaryl/α,β-unsaturated/α-hetero) is 2. The van der Waals surface area contributed by atoms with Crippen LogP contribution >= 0.6 is 0 Å². The van der Waals surface area contributed by atoms with Crippen molar-refractivity contribution in [1.29, 1.82) is 0 Å². The van der Waals surface area contributed by atoms with E-state index in [2.05, 4.69) is 4.72 Å². The normalized spacial score (nSPS) is 19.9. The van der Waals surface area contributed by atoms with E-state index in [9.17, 15) is 22.8 Å². The molecule has 27 heavy (non-hydrogen) atoms. The van der Waals surface area contributed by atoms with Crippen LogP contribution in [0.3, 0.4) is 0 Å². The van der Waals surface area contributed by atoms with Gasteiger partial charge in [0.25, 0.3) is 0 Å². The summed E-state index contributed by atoms with van der Waals surface area (Å²) in [5.41, 5.74) is 2.04. The Morgan fingerprint density at radius 2 is 1.93 bits per heavy atom. The highest BCUT2D eigenvalue weighted by molar-refractivity contribution is 7.89. The summed E-state index contributed by atoms with van der Waals surface area (Å²) in [6.45, 7) is 3.69. The molecule has 2 rings (SSSR count). The van der Waals surface area contributed by atoms with E-state index in [1.807, 2.05) is 5.48 Å². The van der Waals surface area contributed by atoms with Gasteiger partial charge in [0, 0.05) is 12.3 Å². The van der Waals surface area contributed by atoms with Gasteiger partial charge in [-0.25, -0.2) is 18.6 Å². The molecule has 1 fully saturated rings. The molecule has 0 saturated carbocycles. The van der Waals surface area contributed by atoms with Crippen molar-refractivity contribution in [1.82, 2.24) is 10.2 Å². The third kappa shape index (κ3) is 5.69. The molecule has 1 saturated heterocycles. The monoisotopic (exact) mass is 396 g/mol. The number of rotatable bonds is 7. The minimum absolute atomic E-state index is 0.0574. The summed E-state index contributed by atoms with van der Waals surface area (Å²) >= 11 is 0. The second-order valence-electron chi connectivity index (χ2n) is 6.81. The number of carbonyl (C=O) groups is 3. The van der Waals surface area contributed by atoms with Gasteiger partial charge in [0.15, 0.2) is 5.78 Å². The number of hydrogen-bond donors (Lipinski definition) is 2. The molecule has 148 valence electrons. The number of ketones is 2. The van der Waals surface area contributed by atoms with Crippen molar-refractivity contribution in [2.45, 2.75) is 44.0 Å². The maximum atomic E-state index is 12.8. The SMILES string of the molecule is CC(C)C(NS(=O)(=O)c1ccccc1)C(=O)CC1CCCONC(=O)C1=O. The number of nitrogens with one attached hydrogen (secondary N) is 2. The van der Waals surface area contributed by atoms with E-state index in [1.165, 1.54) is 12.1 Å². The molecule has 0 bridgehead atoms. The molecule has 0 spiro atoms. The molecule has 1 aliphatic heterocycles. The number of carbonyl (C=O) groups excluding carboxylic acids is 3. The standard InChI is InChI=1S/C18H24N2O6S/c1-12(2)16(20-27(24,25)14-8-4-3-5-9-14)15(21)11-13-7-6-10-26-19-18(23)17(13)22/h3-5,8-9,12-13,16,20H,6-7,10-11H2,1-2H3,(H,19,23). The van der Waals surface area contributed by atoms with Gasteiger partial charge < -0.3 is 0 Å². The van der Waals surface area contributed by atoms with E-state index in [1.54, 1.807) is 32.0 Å². The molecule has 1 amide bonds. The van der Waals surface area contributed by atoms with Crippen LogP contribution in [0.15, 0.2) is 35.2 Å². The average Bonchev–Trinajstić information content (AvgIpc) is 2.63. The van der Waals surface area contributed by atoms with Gasteiger partial charge in [-0.3, -0.25) is 19.2 Å². The molecule has 0 aliphatic carbocycles. The molecule has 1 aromatic rings. The first-order valence-corrected chi connectivity index (χ1v) is 10.3. The zero-order valence-corrected chi connectivity index (χ0v) is 16.1. The van der Waals surface area contributed by atoms with Crippen molar-refractivity contribution in [3.8, 4) is 0 Å². The number of hydroxylamine groups is 1. The van der Waals surface area contributed by atoms with Crippen LogP contribution in [-0.4, -0.2) is 38.5 Å². The van der Waals surface area contributed by atoms with Crippen LogP contribution in [0.4, 0.5) is 0 Å². The maximum absolute atomic E-state index is 12.8. The molecular weight excluding hydrogens is 372 g/mol. The Kier molecular flexibility index (Phi) is 7.23. The second kappa shape index (κ2) is 9.20. The summed E-state index contributed by atoms with van der Waals surface area (Å²) in [6.07, 6.45) is 0.632. The molecule has 2 unspecified atom stereocenters. The predicted octanol–water partition coefficient (Wildman–Crippen LogP) is 0.976. The lowest BCUT2D eigenvalue weighted by Gasteiger charge is -2.24. The Labute approximate surface area is 158 Å². The zero-order valence-electron chi connectivity index (χ0n) is 15.3. The quantitative estimate of drug-likeness (QED) is 0.663. The number of amides is 1. The average molecular weight is 396 g/mol. The molecular formula is C18H24N2O6S. The fraction of sp³-hybridized carbons (Fsp3) is 0.500. The second-order valence-corrected chi connectivity index (χ2v) is 8.52. The highest BCUT2D eigenvalue weighted by Crippen LogP contribution is 2.19. The molecule has 8 nitrogen and oxygen atoms in total. The van der Waals surface area contributed by atoms with Crippen LogP contribution in [0.2, 0.25) is 0 Å². The topological polar surface area (TPSA) is 119 Å². The summed E-state index contributed by atoms with van der Waals surface area (Å²) in [7, 11) is -3.88. The molecule has 0 radical (unpaired) electrons. The minimum atomic E-state index is -3.88. The van der Waals surface area contributed by atoms with Crippen molar-refractivity contribution >= 4 is 27.5 Å². The summed E-state index contributed by atoms with van der Waals surface area (Å²) in [6, 6.07) is 6.76. The van der Waals surface area contributed by atoms with Crippen LogP contribution in [0.5, 0.6) is 0 Å². The Bertz CT molecular complexity index is 791. The van der Waals surface area contributed by atoms with Gasteiger partial charge in [-0.1, -0.05) is 32.0 Å². The van der Waals surface area contributed by atoms with Crippen LogP contribution in [0, 0.1) is 11.8 Å². The van der Waals surface area contributed by atoms with Crippen LogP contribution in [0.1, 0.15) is 33.1 Å². The summed E-state index contributed by atoms with van der Waals surface area (Å²) in [5.74, 6) is -3.15. The first-order valence-electron chi connectivity index (χ1n) is 8.78. The Hall–Kier alpha value is -2.10. The van der Waals surface area contributed by atoms with E-state index in [0.717, 1.165) is 0 Å². The summed E-state index contributed by atoms with van der Waals surface area (Å²) in [4.78, 5) is 41.5. The van der Waals surface area contributed by atoms with Crippen molar-refractivity contribution in [2.24, 2.45) is 11.8 Å². The Morgan fingerprint density at radius 3 is 2.56 bits per heavy atom. The van der Waals surface area contributed by atoms with Gasteiger partial charge in [0.1, 0.15) is 0 Å². The van der Waals surface area contributed by atoms with Crippen molar-refractivity contribution < 1.29 is 27.6 Å². The third-order valence-electron chi connectivity index (χ3n) is 4.36. The highest BCUT2D eigenvalue weighted by atomic mass is 32.2. The minimum Gasteiger partial charge on any atom is -0.298 e. The van der Waals surface area contributed by atoms with Gasteiger partial charge >= 0.3 is 5.91 Å². The van der Waals surface area contributed by atoms with E-state index in [4.69, 9.17) is 4.84 Å². The highest BCUT2D eigenvalue weighted by Gasteiger charge is 2.34. The maximum Gasteiger partial charge on any atom is 0.311 e. The van der Waals surface area contributed by atoms with Crippen molar-refractivity contribution in [3.63, 3.8) is 0 Å². The lowest BCUT2D eigenvalue weighted by atomic mass is 9.88. The number of sulfonamides is 1. The third-order valence-corrected chi connectivity index (χ3v) is 5.81. The summed E-state index contributed by atoms with van der Waals surface area (Å²) < 4.78 is 27.5. The molecule has 2 atom stereocenters. The van der Waals surface area contributed by atoms with E-state index >= 15 is 0 Å². The smallest absolute Gasteiger partial charge is 0.298 e. The van der Waals surface area contributed by atoms with Gasteiger partial charge in [0.2, 0.25) is 15.8 Å². The molecule has 2 N–H and O–H groups in total. The van der Waals surface area contributed by atoms with Crippen molar-refractivity contribution in [3.05, 3.63) is 30.3 Å². The number of benzene rings is 1. The van der Waals surface area contributed by atoms with Crippen LogP contribution in [0.25, 0.3) is 0 Å². The Morgan fingerprint density at radius 1 is 1.26 bits per heavy atom. The van der Waals surface area contributed by atoms with E-state index < -0.39 is 39.5 Å². The van der Waals surface area contributed by atoms with Gasteiger partial charge in [-0.05, 0) is 30.9 Å². The van der Waals surface area contributed by atoms with E-state index in [-0.39, 0.29) is 23.8 Å². The van der Waals surface area contributed by atoms with Gasteiger partial charge in [-0.15, -0.1) is 0 Å². The molecule has 1 aliphatic rings. The summed E-state index contributed by atoms with van der Waals surface area (Å²) in [5, 5.41) is 0. The predicted molar refractivity (Wildman–Crippen MR) is 96.8 cm³/mol. The fourth-order valence-corrected chi connectivity index (χ4v) is 4.25.